The van der Waals surface area contributed by atoms with E-state index in [2.05, 4.69) is 26.3 Å². The molecule has 20 heteroatoms. The van der Waals surface area contributed by atoms with Gasteiger partial charge in [-0.1, -0.05) is 54.6 Å². The molecule has 0 saturated carbocycles. The van der Waals surface area contributed by atoms with Crippen LogP contribution in [0.2, 0.25) is 0 Å². The highest BCUT2D eigenvalue weighted by Crippen LogP contribution is 2.58. The normalized spacial score (nSPS) is 11.4. The zero-order valence-electron chi connectivity index (χ0n) is 46.7. The smallest absolute Gasteiger partial charge is 0.249 e. The minimum atomic E-state index is -5.09. The molecule has 0 radical (unpaired) electrons. The van der Waals surface area contributed by atoms with Crippen LogP contribution >= 0.6 is 7.14 Å². The summed E-state index contributed by atoms with van der Waals surface area (Å²) in [7, 11) is 0.395. The van der Waals surface area contributed by atoms with Gasteiger partial charge in [-0.2, -0.15) is 0 Å². The molecular weight excluding hydrogens is 1030 g/mol. The number of rotatable bonds is 49. The first-order valence-corrected chi connectivity index (χ1v) is 27.4. The Morgan fingerprint density at radius 2 is 0.615 bits per heavy atom. The number of hydrogen-bond donors (Lipinski definition) is 0. The van der Waals surface area contributed by atoms with Crippen LogP contribution in [0.1, 0.15) is 54.1 Å². The van der Waals surface area contributed by atoms with E-state index in [-0.39, 0.29) is 119 Å². The Balaban J connectivity index is 2.26. The highest BCUT2D eigenvalue weighted by Gasteiger charge is 2.49. The van der Waals surface area contributed by atoms with Gasteiger partial charge in [0.1, 0.15) is 34.1 Å². The van der Waals surface area contributed by atoms with Crippen molar-refractivity contribution >= 4 is 23.5 Å². The van der Waals surface area contributed by atoms with Crippen LogP contribution in [0.25, 0.3) is 0 Å². The van der Waals surface area contributed by atoms with E-state index in [1.165, 1.54) is 40.6 Å². The summed E-state index contributed by atoms with van der Waals surface area (Å²) in [6.07, 6.45) is 6.62. The summed E-state index contributed by atoms with van der Waals surface area (Å²) in [5.74, 6) is -0.0606. The first kappa shape index (κ1) is 67.2. The molecule has 3 aromatic rings. The minimum absolute atomic E-state index is 0.0151. The van der Waals surface area contributed by atoms with Crippen LogP contribution < -0.4 is 24.3 Å². The molecule has 0 heterocycles. The van der Waals surface area contributed by atoms with Crippen molar-refractivity contribution in [1.29, 1.82) is 0 Å². The van der Waals surface area contributed by atoms with Gasteiger partial charge >= 0.3 is 0 Å². The second kappa shape index (κ2) is 40.1. The van der Waals surface area contributed by atoms with Crippen LogP contribution in [-0.2, 0) is 87.8 Å². The lowest BCUT2D eigenvalue weighted by Gasteiger charge is -2.27. The van der Waals surface area contributed by atoms with Crippen molar-refractivity contribution in [1.82, 2.24) is 0 Å². The van der Waals surface area contributed by atoms with Crippen molar-refractivity contribution in [2.45, 2.75) is 40.3 Å². The molecule has 0 unspecified atom stereocenters. The number of carbonyl (C=O) groups is 2. The van der Waals surface area contributed by atoms with Crippen molar-refractivity contribution in [3.8, 4) is 23.0 Å². The standard InChI is InChI=1S/C58H83O19P/c1-11-20-66-24-28-70-32-36-74-40-47-44(5)48(41-75-37-33-71-29-25-67-21-12-2)54(63-8)51(53(47)62-7)57(59)78(61,46-18-16-15-17-19-46)58(60)52-55(64-9)49(42-76-38-34-72-30-26-68-22-13-3)45(6)50(56(52)65-10)43-77-39-35-73-31-27-69-23-14-4/h11-19H,1-4,20-43H2,5-10H3. The van der Waals surface area contributed by atoms with E-state index < -0.39 is 18.2 Å². The first-order chi connectivity index (χ1) is 38.1. The molecular formula is C58H83O19P. The second-order valence-electron chi connectivity index (χ2n) is 16.7. The average molecular weight is 1120 g/mol. The van der Waals surface area contributed by atoms with Crippen LogP contribution in [0.3, 0.4) is 0 Å². The van der Waals surface area contributed by atoms with E-state index in [1.54, 1.807) is 42.5 Å². The van der Waals surface area contributed by atoms with Gasteiger partial charge in [0.15, 0.2) is 0 Å². The van der Waals surface area contributed by atoms with E-state index in [4.69, 9.17) is 75.8 Å². The molecule has 0 aliphatic rings. The molecule has 0 atom stereocenters. The molecule has 434 valence electrons. The summed E-state index contributed by atoms with van der Waals surface area (Å²) in [4.78, 5) is 32.1. The molecule has 0 aliphatic carbocycles. The SMILES string of the molecule is C=CCOCCOCCOCc1c(C)c(COCCOCCOCC=C)c(OC)c(C(=O)P(=O)(C(=O)c2c(OC)c(COCCOCCOCC=C)c(C)c(COCCOCCOCC=C)c2OC)c2ccccc2)c1OC. The fourth-order valence-corrected chi connectivity index (χ4v) is 10.1. The Morgan fingerprint density at radius 3 is 0.846 bits per heavy atom. The Labute approximate surface area is 461 Å². The van der Waals surface area contributed by atoms with E-state index in [0.717, 1.165) is 0 Å². The second-order valence-corrected chi connectivity index (χ2v) is 19.3. The lowest BCUT2D eigenvalue weighted by Crippen LogP contribution is -2.24. The average Bonchev–Trinajstić information content (AvgIpc) is 3.62. The van der Waals surface area contributed by atoms with E-state index in [9.17, 15) is 0 Å². The van der Waals surface area contributed by atoms with Crippen molar-refractivity contribution < 1.29 is 89.9 Å². The predicted molar refractivity (Wildman–Crippen MR) is 297 cm³/mol. The number of ether oxygens (including phenoxy) is 16. The van der Waals surface area contributed by atoms with Crippen LogP contribution in [-0.4, -0.2) is 172 Å². The molecule has 0 aromatic heterocycles. The van der Waals surface area contributed by atoms with E-state index in [1.807, 2.05) is 13.8 Å². The molecule has 0 bridgehead atoms. The number of benzene rings is 3. The maximum atomic E-state index is 16.6. The number of hydrogen-bond acceptors (Lipinski definition) is 19. The summed E-state index contributed by atoms with van der Waals surface area (Å²) in [5, 5.41) is -0.0764. The highest BCUT2D eigenvalue weighted by atomic mass is 31.2. The third-order valence-corrected chi connectivity index (χ3v) is 14.3. The molecule has 0 N–H and O–H groups in total. The number of carbonyl (C=O) groups excluding carboxylic acids is 2. The molecule has 0 spiro atoms. The maximum Gasteiger partial charge on any atom is 0.249 e. The molecule has 3 aromatic carbocycles. The fourth-order valence-electron chi connectivity index (χ4n) is 7.83. The van der Waals surface area contributed by atoms with Gasteiger partial charge in [-0.3, -0.25) is 9.59 Å². The van der Waals surface area contributed by atoms with E-state index in [0.29, 0.717) is 113 Å². The summed E-state index contributed by atoms with van der Waals surface area (Å²) in [6.45, 7) is 23.8. The zero-order chi connectivity index (χ0) is 56.8. The lowest BCUT2D eigenvalue weighted by atomic mass is 9.96. The molecule has 0 amide bonds. The predicted octanol–water partition coefficient (Wildman–Crippen LogP) is 7.95. The largest absolute Gasteiger partial charge is 0.495 e. The zero-order valence-corrected chi connectivity index (χ0v) is 47.6. The van der Waals surface area contributed by atoms with Crippen LogP contribution in [0.15, 0.2) is 81.0 Å². The lowest BCUT2D eigenvalue weighted by molar-refractivity contribution is 0.0134. The highest BCUT2D eigenvalue weighted by molar-refractivity contribution is 8.01. The Hall–Kier alpha value is -5.09. The Kier molecular flexibility index (Phi) is 34.6. The van der Waals surface area contributed by atoms with Crippen LogP contribution in [0.5, 0.6) is 23.0 Å². The summed E-state index contributed by atoms with van der Waals surface area (Å²) in [6, 6.07) is 7.80. The van der Waals surface area contributed by atoms with Crippen molar-refractivity contribution in [2.24, 2.45) is 0 Å². The van der Waals surface area contributed by atoms with Crippen molar-refractivity contribution in [2.75, 3.05) is 161 Å². The third kappa shape index (κ3) is 20.9. The monoisotopic (exact) mass is 1110 g/mol. The van der Waals surface area contributed by atoms with E-state index >= 15 is 14.2 Å². The molecule has 0 aliphatic heterocycles. The molecule has 3 rings (SSSR count). The van der Waals surface area contributed by atoms with Crippen LogP contribution in [0, 0.1) is 13.8 Å². The van der Waals surface area contributed by atoms with Crippen molar-refractivity contribution in [3.05, 3.63) is 125 Å². The third-order valence-electron chi connectivity index (χ3n) is 11.7. The summed E-state index contributed by atoms with van der Waals surface area (Å²) >= 11 is 0. The number of methoxy groups -OCH3 is 4. The molecule has 78 heavy (non-hydrogen) atoms. The van der Waals surface area contributed by atoms with Gasteiger partial charge in [0.05, 0.1) is 187 Å². The van der Waals surface area contributed by atoms with Gasteiger partial charge < -0.3 is 80.4 Å². The molecule has 19 nitrogen and oxygen atoms in total. The minimum Gasteiger partial charge on any atom is -0.495 e. The van der Waals surface area contributed by atoms with Gasteiger partial charge in [-0.15, -0.1) is 26.3 Å². The maximum absolute atomic E-state index is 16.6. The Bertz CT molecular complexity index is 2070. The summed E-state index contributed by atoms with van der Waals surface area (Å²) < 4.78 is 110. The van der Waals surface area contributed by atoms with Crippen molar-refractivity contribution in [3.63, 3.8) is 0 Å². The first-order valence-electron chi connectivity index (χ1n) is 25.7. The summed E-state index contributed by atoms with van der Waals surface area (Å²) in [5.41, 5.74) is 0.166. The molecule has 0 saturated heterocycles. The fraction of sp³-hybridized carbons (Fsp3) is 0.517. The molecule has 0 fully saturated rings. The van der Waals surface area contributed by atoms with Gasteiger partial charge in [0, 0.05) is 27.6 Å². The quantitative estimate of drug-likeness (QED) is 0.0299. The van der Waals surface area contributed by atoms with Gasteiger partial charge in [0.2, 0.25) is 18.2 Å². The Morgan fingerprint density at radius 1 is 0.385 bits per heavy atom. The van der Waals surface area contributed by atoms with Gasteiger partial charge in [-0.25, -0.2) is 0 Å². The van der Waals surface area contributed by atoms with Crippen LogP contribution in [0.4, 0.5) is 0 Å². The van der Waals surface area contributed by atoms with Gasteiger partial charge in [0.25, 0.3) is 0 Å². The van der Waals surface area contributed by atoms with Gasteiger partial charge in [-0.05, 0) is 25.0 Å². The topological polar surface area (TPSA) is 199 Å².